The molecule has 2 aromatic carbocycles. The fourth-order valence-electron chi connectivity index (χ4n) is 3.98. The van der Waals surface area contributed by atoms with Gasteiger partial charge in [0.05, 0.1) is 30.1 Å². The first-order chi connectivity index (χ1) is 19.6. The second-order valence-corrected chi connectivity index (χ2v) is 9.67. The lowest BCUT2D eigenvalue weighted by Gasteiger charge is -2.21. The Balaban J connectivity index is 1.58. The zero-order valence-corrected chi connectivity index (χ0v) is 23.5. The fourth-order valence-corrected chi connectivity index (χ4v) is 3.98. The van der Waals surface area contributed by atoms with E-state index in [-0.39, 0.29) is 29.7 Å². The van der Waals surface area contributed by atoms with Crippen molar-refractivity contribution in [3.63, 3.8) is 0 Å². The molecular formula is C31H35F3N2O5. The lowest BCUT2D eigenvalue weighted by molar-refractivity contribution is -0.206. The monoisotopic (exact) mass is 572 g/mol. The third-order valence-corrected chi connectivity index (χ3v) is 6.34. The Kier molecular flexibility index (Phi) is 11.7. The van der Waals surface area contributed by atoms with Crippen molar-refractivity contribution in [1.82, 2.24) is 9.97 Å². The molecular weight excluding hydrogens is 537 g/mol. The van der Waals surface area contributed by atoms with Gasteiger partial charge in [-0.05, 0) is 62.1 Å². The summed E-state index contributed by atoms with van der Waals surface area (Å²) in [5, 5.41) is 0. The van der Waals surface area contributed by atoms with Gasteiger partial charge in [0.1, 0.15) is 5.75 Å². The number of benzene rings is 2. The van der Waals surface area contributed by atoms with Gasteiger partial charge in [0.25, 0.3) is 0 Å². The molecule has 0 amide bonds. The fraction of sp³-hybridized carbons (Fsp3) is 0.419. The molecule has 0 aliphatic heterocycles. The maximum Gasteiger partial charge on any atom is 0.425 e. The van der Waals surface area contributed by atoms with E-state index in [9.17, 15) is 22.8 Å². The number of aromatic nitrogens is 2. The van der Waals surface area contributed by atoms with Crippen LogP contribution in [0.3, 0.4) is 0 Å². The Bertz CT molecular complexity index is 1280. The maximum absolute atomic E-state index is 13.3. The smallest absolute Gasteiger partial charge is 0.425 e. The Labute approximate surface area is 238 Å². The average Bonchev–Trinajstić information content (AvgIpc) is 2.95. The van der Waals surface area contributed by atoms with Crippen LogP contribution in [0, 0.1) is 6.92 Å². The Hall–Kier alpha value is -3.95. The van der Waals surface area contributed by atoms with Crippen molar-refractivity contribution in [2.75, 3.05) is 6.61 Å². The van der Waals surface area contributed by atoms with Gasteiger partial charge in [-0.15, -0.1) is 0 Å². The molecule has 3 aromatic rings. The largest absolute Gasteiger partial charge is 0.490 e. The van der Waals surface area contributed by atoms with Crippen LogP contribution in [0.5, 0.6) is 11.5 Å². The zero-order valence-electron chi connectivity index (χ0n) is 23.5. The van der Waals surface area contributed by atoms with Crippen molar-refractivity contribution >= 4 is 11.9 Å². The van der Waals surface area contributed by atoms with Crippen molar-refractivity contribution in [2.45, 2.75) is 78.0 Å². The summed E-state index contributed by atoms with van der Waals surface area (Å²) in [6.45, 7) is 6.05. The molecule has 1 atom stereocenters. The average molecular weight is 573 g/mol. The van der Waals surface area contributed by atoms with E-state index in [1.54, 1.807) is 43.6 Å². The lowest BCUT2D eigenvalue weighted by atomic mass is 10.1. The Morgan fingerprint density at radius 3 is 2.15 bits per heavy atom. The van der Waals surface area contributed by atoms with E-state index in [1.165, 1.54) is 31.5 Å². The zero-order chi connectivity index (χ0) is 29.8. The molecule has 0 unspecified atom stereocenters. The van der Waals surface area contributed by atoms with Crippen LogP contribution in [0.4, 0.5) is 13.2 Å². The number of aryl methyl sites for hydroxylation is 1. The van der Waals surface area contributed by atoms with Crippen molar-refractivity contribution in [1.29, 1.82) is 0 Å². The minimum Gasteiger partial charge on any atom is -0.490 e. The Morgan fingerprint density at radius 2 is 1.54 bits per heavy atom. The summed E-state index contributed by atoms with van der Waals surface area (Å²) in [5.41, 5.74) is 1.25. The molecule has 0 bridgehead atoms. The summed E-state index contributed by atoms with van der Waals surface area (Å²) in [5.74, 6) is -0.514. The summed E-state index contributed by atoms with van der Waals surface area (Å²) in [7, 11) is 0. The molecule has 1 aromatic heterocycles. The summed E-state index contributed by atoms with van der Waals surface area (Å²) >= 11 is 0. The molecule has 0 fully saturated rings. The summed E-state index contributed by atoms with van der Waals surface area (Å²) in [6, 6.07) is 10.6. The second-order valence-electron chi connectivity index (χ2n) is 9.67. The van der Waals surface area contributed by atoms with E-state index in [1.807, 2.05) is 0 Å². The van der Waals surface area contributed by atoms with Crippen LogP contribution >= 0.6 is 0 Å². The normalized spacial score (nSPS) is 12.0. The SMILES string of the molecule is CCCCCCOc1cnc(-c2ccc(C(=O)Oc3ccc(C(=O)O[C@@H](CCCC)C(F)(F)F)c(C)c3)cc2)nc1. The first-order valence-electron chi connectivity index (χ1n) is 13.8. The minimum atomic E-state index is -4.65. The molecule has 41 heavy (non-hydrogen) atoms. The number of alkyl halides is 3. The maximum atomic E-state index is 13.3. The number of esters is 2. The van der Waals surface area contributed by atoms with E-state index in [0.717, 1.165) is 19.3 Å². The number of carbonyl (C=O) groups excluding carboxylic acids is 2. The van der Waals surface area contributed by atoms with Crippen LogP contribution in [0.15, 0.2) is 54.9 Å². The third kappa shape index (κ3) is 9.58. The molecule has 220 valence electrons. The Morgan fingerprint density at radius 1 is 0.854 bits per heavy atom. The molecule has 0 aliphatic rings. The van der Waals surface area contributed by atoms with E-state index < -0.39 is 24.2 Å². The van der Waals surface area contributed by atoms with Crippen LogP contribution in [0.2, 0.25) is 0 Å². The van der Waals surface area contributed by atoms with E-state index in [0.29, 0.717) is 35.7 Å². The summed E-state index contributed by atoms with van der Waals surface area (Å²) < 4.78 is 55.6. The summed E-state index contributed by atoms with van der Waals surface area (Å²) in [4.78, 5) is 33.8. The molecule has 0 spiro atoms. The first-order valence-corrected chi connectivity index (χ1v) is 13.8. The highest BCUT2D eigenvalue weighted by atomic mass is 19.4. The topological polar surface area (TPSA) is 87.6 Å². The van der Waals surface area contributed by atoms with Crippen molar-refractivity contribution < 1.29 is 37.0 Å². The number of hydrogen-bond acceptors (Lipinski definition) is 7. The van der Waals surface area contributed by atoms with E-state index >= 15 is 0 Å². The molecule has 0 radical (unpaired) electrons. The van der Waals surface area contributed by atoms with Crippen LogP contribution < -0.4 is 9.47 Å². The predicted molar refractivity (Wildman–Crippen MR) is 148 cm³/mol. The van der Waals surface area contributed by atoms with Gasteiger partial charge in [-0.2, -0.15) is 13.2 Å². The van der Waals surface area contributed by atoms with Gasteiger partial charge in [0.2, 0.25) is 0 Å². The molecule has 3 rings (SSSR count). The lowest BCUT2D eigenvalue weighted by Crippen LogP contribution is -2.34. The number of unbranched alkanes of at least 4 members (excludes halogenated alkanes) is 4. The van der Waals surface area contributed by atoms with Crippen molar-refractivity contribution in [2.24, 2.45) is 0 Å². The number of hydrogen-bond donors (Lipinski definition) is 0. The van der Waals surface area contributed by atoms with E-state index in [4.69, 9.17) is 14.2 Å². The van der Waals surface area contributed by atoms with Gasteiger partial charge in [0.15, 0.2) is 17.7 Å². The van der Waals surface area contributed by atoms with Gasteiger partial charge < -0.3 is 14.2 Å². The highest BCUT2D eigenvalue weighted by Crippen LogP contribution is 2.29. The number of carbonyl (C=O) groups is 2. The number of halogens is 3. The molecule has 0 saturated carbocycles. The van der Waals surface area contributed by atoms with Gasteiger partial charge in [-0.25, -0.2) is 19.6 Å². The van der Waals surface area contributed by atoms with Crippen LogP contribution in [-0.4, -0.2) is 40.8 Å². The number of ether oxygens (including phenoxy) is 3. The van der Waals surface area contributed by atoms with Gasteiger partial charge in [-0.1, -0.05) is 51.7 Å². The standard InChI is InChI=1S/C31H35F3N2O5/c1-4-6-8-9-17-39-25-19-35-28(36-20-25)22-11-13-23(14-12-22)29(37)40-24-15-16-26(21(3)18-24)30(38)41-27(10-7-5-2)31(32,33)34/h11-16,18-20,27H,4-10,17H2,1-3H3/t27-/m0/s1. The number of rotatable bonds is 14. The van der Waals surface area contributed by atoms with Gasteiger partial charge in [-0.3, -0.25) is 0 Å². The predicted octanol–water partition coefficient (Wildman–Crippen LogP) is 7.91. The van der Waals surface area contributed by atoms with Crippen LogP contribution in [0.1, 0.15) is 85.1 Å². The molecule has 0 saturated heterocycles. The number of nitrogens with zero attached hydrogens (tertiary/aromatic N) is 2. The molecule has 0 N–H and O–H groups in total. The van der Waals surface area contributed by atoms with Gasteiger partial charge in [0, 0.05) is 5.56 Å². The van der Waals surface area contributed by atoms with Gasteiger partial charge >= 0.3 is 18.1 Å². The first kappa shape index (κ1) is 31.6. The highest BCUT2D eigenvalue weighted by Gasteiger charge is 2.42. The minimum absolute atomic E-state index is 0.0344. The van der Waals surface area contributed by atoms with Crippen LogP contribution in [0.25, 0.3) is 11.4 Å². The molecule has 1 heterocycles. The van der Waals surface area contributed by atoms with Crippen LogP contribution in [-0.2, 0) is 4.74 Å². The molecule has 7 nitrogen and oxygen atoms in total. The molecule has 10 heteroatoms. The van der Waals surface area contributed by atoms with Crippen molar-refractivity contribution in [3.8, 4) is 22.9 Å². The second kappa shape index (κ2) is 15.2. The third-order valence-electron chi connectivity index (χ3n) is 6.34. The summed E-state index contributed by atoms with van der Waals surface area (Å²) in [6.07, 6.45) is 1.36. The van der Waals surface area contributed by atoms with E-state index in [2.05, 4.69) is 16.9 Å². The molecule has 0 aliphatic carbocycles. The van der Waals surface area contributed by atoms with Crippen molar-refractivity contribution in [3.05, 3.63) is 71.5 Å². The highest BCUT2D eigenvalue weighted by molar-refractivity contribution is 5.93. The quantitative estimate of drug-likeness (QED) is 0.110.